The summed E-state index contributed by atoms with van der Waals surface area (Å²) < 4.78 is 22.6. The Bertz CT molecular complexity index is 869. The predicted molar refractivity (Wildman–Crippen MR) is 86.4 cm³/mol. The van der Waals surface area contributed by atoms with Crippen LogP contribution in [0.1, 0.15) is 11.3 Å². The second-order valence-corrected chi connectivity index (χ2v) is 5.42. The van der Waals surface area contributed by atoms with Crippen molar-refractivity contribution in [1.82, 2.24) is 5.32 Å². The average molecular weight is 311 g/mol. The van der Waals surface area contributed by atoms with E-state index in [2.05, 4.69) is 5.32 Å². The molecule has 0 atom stereocenters. The molecule has 0 bridgehead atoms. The Morgan fingerprint density at radius 1 is 1.13 bits per heavy atom. The molecule has 1 N–H and O–H groups in total. The number of furan rings is 1. The van der Waals surface area contributed by atoms with Crippen molar-refractivity contribution in [2.24, 2.45) is 0 Å². The monoisotopic (exact) mass is 311 g/mol. The summed E-state index contributed by atoms with van der Waals surface area (Å²) in [5, 5.41) is 4.23. The van der Waals surface area contributed by atoms with E-state index in [9.17, 15) is 0 Å². The van der Waals surface area contributed by atoms with Gasteiger partial charge in [-0.05, 0) is 32.2 Å². The van der Waals surface area contributed by atoms with E-state index in [0.29, 0.717) is 17.2 Å². The van der Waals surface area contributed by atoms with Crippen LogP contribution in [0.25, 0.3) is 11.0 Å². The van der Waals surface area contributed by atoms with Gasteiger partial charge in [0.15, 0.2) is 22.8 Å². The van der Waals surface area contributed by atoms with Gasteiger partial charge in [0.05, 0.1) is 0 Å². The van der Waals surface area contributed by atoms with Gasteiger partial charge in [-0.25, -0.2) is 0 Å². The smallest absolute Gasteiger partial charge is 0.231 e. The van der Waals surface area contributed by atoms with Crippen LogP contribution in [0.3, 0.4) is 0 Å². The highest BCUT2D eigenvalue weighted by molar-refractivity contribution is 5.87. The fourth-order valence-electron chi connectivity index (χ4n) is 2.81. The van der Waals surface area contributed by atoms with Crippen LogP contribution < -0.4 is 19.5 Å². The molecule has 1 aliphatic heterocycles. The van der Waals surface area contributed by atoms with Crippen LogP contribution in [-0.4, -0.2) is 13.8 Å². The number of aryl methyl sites for hydroxylation is 1. The normalized spacial score (nSPS) is 12.8. The van der Waals surface area contributed by atoms with Gasteiger partial charge >= 0.3 is 0 Å². The third-order valence-electron chi connectivity index (χ3n) is 3.91. The number of hydrogen-bond donors (Lipinski definition) is 1. The van der Waals surface area contributed by atoms with Crippen LogP contribution >= 0.6 is 0 Å². The van der Waals surface area contributed by atoms with Crippen molar-refractivity contribution < 1.29 is 18.6 Å². The van der Waals surface area contributed by atoms with Gasteiger partial charge in [-0.1, -0.05) is 12.1 Å². The minimum atomic E-state index is 0.249. The molecule has 3 aromatic rings. The minimum absolute atomic E-state index is 0.249. The molecule has 23 heavy (non-hydrogen) atoms. The number of benzene rings is 2. The molecule has 0 amide bonds. The van der Waals surface area contributed by atoms with E-state index in [1.54, 1.807) is 0 Å². The molecule has 118 valence electrons. The van der Waals surface area contributed by atoms with E-state index in [-0.39, 0.29) is 6.79 Å². The molecule has 0 spiro atoms. The number of para-hydroxylation sites is 1. The van der Waals surface area contributed by atoms with Crippen molar-refractivity contribution in [2.75, 3.05) is 13.8 Å². The first-order valence-electron chi connectivity index (χ1n) is 7.49. The third kappa shape index (κ3) is 2.39. The lowest BCUT2D eigenvalue weighted by atomic mass is 10.1. The zero-order valence-electron chi connectivity index (χ0n) is 13.0. The maximum absolute atomic E-state index is 6.01. The summed E-state index contributed by atoms with van der Waals surface area (Å²) in [4.78, 5) is 0. The number of fused-ring (bicyclic) bond motifs is 2. The Morgan fingerprint density at radius 2 is 2.00 bits per heavy atom. The van der Waals surface area contributed by atoms with Crippen molar-refractivity contribution in [3.63, 3.8) is 0 Å². The van der Waals surface area contributed by atoms with Crippen LogP contribution in [0.15, 0.2) is 40.8 Å². The van der Waals surface area contributed by atoms with Crippen LogP contribution in [0.2, 0.25) is 0 Å². The molecule has 0 saturated heterocycles. The van der Waals surface area contributed by atoms with Gasteiger partial charge in [-0.15, -0.1) is 0 Å². The number of hydrogen-bond acceptors (Lipinski definition) is 5. The van der Waals surface area contributed by atoms with Crippen molar-refractivity contribution in [1.29, 1.82) is 0 Å². The SMILES string of the molecule is CNCc1c(C)oc2c(Oc3ccc4c(c3)OCO4)cccc12. The first kappa shape index (κ1) is 14.0. The molecule has 2 heterocycles. The maximum atomic E-state index is 6.01. The molecule has 0 aliphatic carbocycles. The minimum Gasteiger partial charge on any atom is -0.457 e. The van der Waals surface area contributed by atoms with E-state index >= 15 is 0 Å². The average Bonchev–Trinajstić information content (AvgIpc) is 3.13. The first-order valence-corrected chi connectivity index (χ1v) is 7.49. The summed E-state index contributed by atoms with van der Waals surface area (Å²) in [7, 11) is 1.92. The molecule has 1 aromatic heterocycles. The van der Waals surface area contributed by atoms with Crippen LogP contribution in [0, 0.1) is 6.92 Å². The summed E-state index contributed by atoms with van der Waals surface area (Å²) in [5.74, 6) is 3.70. The topological polar surface area (TPSA) is 52.9 Å². The number of ether oxygens (including phenoxy) is 3. The van der Waals surface area contributed by atoms with Gasteiger partial charge < -0.3 is 23.9 Å². The number of nitrogens with one attached hydrogen (secondary N) is 1. The van der Waals surface area contributed by atoms with Gasteiger partial charge in [0.1, 0.15) is 11.5 Å². The predicted octanol–water partition coefficient (Wildman–Crippen LogP) is 3.98. The highest BCUT2D eigenvalue weighted by atomic mass is 16.7. The summed E-state index contributed by atoms with van der Waals surface area (Å²) in [6.45, 7) is 2.97. The summed E-state index contributed by atoms with van der Waals surface area (Å²) in [6, 6.07) is 11.4. The largest absolute Gasteiger partial charge is 0.457 e. The fraction of sp³-hybridized carbons (Fsp3) is 0.222. The van der Waals surface area contributed by atoms with E-state index < -0.39 is 0 Å². The Kier molecular flexibility index (Phi) is 3.35. The third-order valence-corrected chi connectivity index (χ3v) is 3.91. The second-order valence-electron chi connectivity index (χ2n) is 5.42. The molecular formula is C18H17NO4. The van der Waals surface area contributed by atoms with Crippen molar-refractivity contribution >= 4 is 11.0 Å². The Morgan fingerprint density at radius 3 is 2.87 bits per heavy atom. The lowest BCUT2D eigenvalue weighted by Gasteiger charge is -2.07. The second kappa shape index (κ2) is 5.52. The quantitative estimate of drug-likeness (QED) is 0.790. The fourth-order valence-corrected chi connectivity index (χ4v) is 2.81. The number of rotatable bonds is 4. The molecular weight excluding hydrogens is 294 g/mol. The van der Waals surface area contributed by atoms with Gasteiger partial charge in [0.25, 0.3) is 0 Å². The van der Waals surface area contributed by atoms with E-state index in [1.807, 2.05) is 50.4 Å². The van der Waals surface area contributed by atoms with E-state index in [4.69, 9.17) is 18.6 Å². The zero-order chi connectivity index (χ0) is 15.8. The molecule has 0 saturated carbocycles. The van der Waals surface area contributed by atoms with Crippen molar-refractivity contribution in [2.45, 2.75) is 13.5 Å². The van der Waals surface area contributed by atoms with Gasteiger partial charge in [0.2, 0.25) is 6.79 Å². The lowest BCUT2D eigenvalue weighted by Crippen LogP contribution is -2.05. The van der Waals surface area contributed by atoms with Crippen LogP contribution in [-0.2, 0) is 6.54 Å². The molecule has 4 rings (SSSR count). The van der Waals surface area contributed by atoms with E-state index in [1.165, 1.54) is 0 Å². The summed E-state index contributed by atoms with van der Waals surface area (Å²) in [5.41, 5.74) is 1.91. The summed E-state index contributed by atoms with van der Waals surface area (Å²) >= 11 is 0. The Hall–Kier alpha value is -2.66. The maximum Gasteiger partial charge on any atom is 0.231 e. The molecule has 0 fully saturated rings. The van der Waals surface area contributed by atoms with E-state index in [0.717, 1.165) is 34.6 Å². The van der Waals surface area contributed by atoms with Gasteiger partial charge in [0, 0.05) is 23.6 Å². The highest BCUT2D eigenvalue weighted by Crippen LogP contribution is 2.39. The molecule has 0 unspecified atom stereocenters. The van der Waals surface area contributed by atoms with Gasteiger partial charge in [-0.3, -0.25) is 0 Å². The van der Waals surface area contributed by atoms with Crippen LogP contribution in [0.5, 0.6) is 23.0 Å². The highest BCUT2D eigenvalue weighted by Gasteiger charge is 2.17. The lowest BCUT2D eigenvalue weighted by molar-refractivity contribution is 0.174. The molecule has 0 radical (unpaired) electrons. The molecule has 1 aliphatic rings. The van der Waals surface area contributed by atoms with Gasteiger partial charge in [-0.2, -0.15) is 0 Å². The molecule has 5 nitrogen and oxygen atoms in total. The standard InChI is InChI=1S/C18H17NO4/c1-11-14(9-19-2)13-4-3-5-16(18(13)22-11)23-12-6-7-15-17(8-12)21-10-20-15/h3-8,19H,9-10H2,1-2H3. The van der Waals surface area contributed by atoms with Crippen molar-refractivity contribution in [3.05, 3.63) is 47.7 Å². The Labute approximate surface area is 133 Å². The summed E-state index contributed by atoms with van der Waals surface area (Å²) in [6.07, 6.45) is 0. The first-order chi connectivity index (χ1) is 11.3. The molecule has 5 heteroatoms. The van der Waals surface area contributed by atoms with Crippen molar-refractivity contribution in [3.8, 4) is 23.0 Å². The molecule has 2 aromatic carbocycles. The van der Waals surface area contributed by atoms with Crippen LogP contribution in [0.4, 0.5) is 0 Å². The Balaban J connectivity index is 1.73. The zero-order valence-corrected chi connectivity index (χ0v) is 13.0.